The fourth-order valence-corrected chi connectivity index (χ4v) is 3.28. The summed E-state index contributed by atoms with van der Waals surface area (Å²) in [6, 6.07) is 6.30. The number of nitrogens with zero attached hydrogens (tertiary/aromatic N) is 3. The van der Waals surface area contributed by atoms with E-state index in [9.17, 15) is 4.79 Å². The van der Waals surface area contributed by atoms with Gasteiger partial charge >= 0.3 is 0 Å². The van der Waals surface area contributed by atoms with Gasteiger partial charge in [-0.05, 0) is 50.0 Å². The lowest BCUT2D eigenvalue weighted by atomic mass is 10.1. The predicted octanol–water partition coefficient (Wildman–Crippen LogP) is 2.75. The van der Waals surface area contributed by atoms with Crippen LogP contribution < -0.4 is 5.56 Å². The highest BCUT2D eigenvalue weighted by atomic mass is 32.1. The van der Waals surface area contributed by atoms with E-state index in [0.717, 1.165) is 17.6 Å². The van der Waals surface area contributed by atoms with Crippen LogP contribution in [0.25, 0.3) is 10.2 Å². The van der Waals surface area contributed by atoms with Crippen LogP contribution in [0.2, 0.25) is 0 Å². The summed E-state index contributed by atoms with van der Waals surface area (Å²) in [4.78, 5) is 26.0. The molecule has 23 heavy (non-hydrogen) atoms. The van der Waals surface area contributed by atoms with Crippen LogP contribution >= 0.6 is 11.3 Å². The normalized spacial score (nSPS) is 12.9. The van der Waals surface area contributed by atoms with Gasteiger partial charge < -0.3 is 4.98 Å². The molecule has 6 heteroatoms. The molecule has 3 rings (SSSR count). The topological polar surface area (TPSA) is 61.9 Å². The van der Waals surface area contributed by atoms with Gasteiger partial charge in [-0.15, -0.1) is 11.3 Å². The average molecular weight is 328 g/mol. The van der Waals surface area contributed by atoms with Gasteiger partial charge in [0.2, 0.25) is 0 Å². The molecule has 0 aliphatic rings. The number of fused-ring (bicyclic) bond motifs is 1. The Morgan fingerprint density at radius 1 is 1.39 bits per heavy atom. The largest absolute Gasteiger partial charge is 0.308 e. The van der Waals surface area contributed by atoms with E-state index in [1.807, 2.05) is 30.8 Å². The molecule has 0 amide bonds. The monoisotopic (exact) mass is 328 g/mol. The van der Waals surface area contributed by atoms with E-state index in [2.05, 4.69) is 39.8 Å². The number of aromatic nitrogens is 3. The van der Waals surface area contributed by atoms with Gasteiger partial charge in [0.1, 0.15) is 10.5 Å². The van der Waals surface area contributed by atoms with Crippen molar-refractivity contribution >= 4 is 21.6 Å². The van der Waals surface area contributed by atoms with E-state index >= 15 is 0 Å². The second-order valence-electron chi connectivity index (χ2n) is 5.94. The first-order valence-electron chi connectivity index (χ1n) is 7.61. The van der Waals surface area contributed by atoms with Gasteiger partial charge in [-0.3, -0.25) is 14.7 Å². The number of H-pyrrole nitrogens is 1. The SMILES string of the molecule is Cc1ccnc(CC(C)N(C)Cc2nc3ccsc3c(=O)[nH]2)c1. The van der Waals surface area contributed by atoms with Gasteiger partial charge in [0.25, 0.3) is 5.56 Å². The van der Waals surface area contributed by atoms with Crippen LogP contribution in [0, 0.1) is 6.92 Å². The van der Waals surface area contributed by atoms with Gasteiger partial charge in [-0.1, -0.05) is 0 Å². The predicted molar refractivity (Wildman–Crippen MR) is 93.8 cm³/mol. The molecule has 0 spiro atoms. The minimum atomic E-state index is -0.0543. The molecule has 1 atom stereocenters. The Kier molecular flexibility index (Phi) is 4.54. The van der Waals surface area contributed by atoms with Crippen LogP contribution in [0.1, 0.15) is 24.0 Å². The summed E-state index contributed by atoms with van der Waals surface area (Å²) in [5.41, 5.74) is 3.02. The van der Waals surface area contributed by atoms with Crippen molar-refractivity contribution in [3.63, 3.8) is 0 Å². The molecule has 0 fully saturated rings. The molecular weight excluding hydrogens is 308 g/mol. The molecule has 3 aromatic heterocycles. The summed E-state index contributed by atoms with van der Waals surface area (Å²) in [5.74, 6) is 0.701. The molecule has 120 valence electrons. The lowest BCUT2D eigenvalue weighted by Gasteiger charge is -2.24. The van der Waals surface area contributed by atoms with E-state index in [0.29, 0.717) is 23.1 Å². The Balaban J connectivity index is 1.72. The van der Waals surface area contributed by atoms with E-state index in [4.69, 9.17) is 0 Å². The first-order chi connectivity index (χ1) is 11.0. The van der Waals surface area contributed by atoms with Crippen molar-refractivity contribution in [3.05, 3.63) is 57.2 Å². The quantitative estimate of drug-likeness (QED) is 0.782. The number of aromatic amines is 1. The fourth-order valence-electron chi connectivity index (χ4n) is 2.56. The number of rotatable bonds is 5. The standard InChI is InChI=1S/C17H20N4OS/c1-11-4-6-18-13(8-11)9-12(2)21(3)10-15-19-14-5-7-23-16(14)17(22)20-15/h4-8,12H,9-10H2,1-3H3,(H,19,20,22). The summed E-state index contributed by atoms with van der Waals surface area (Å²) < 4.78 is 0.688. The highest BCUT2D eigenvalue weighted by Gasteiger charge is 2.13. The van der Waals surface area contributed by atoms with Crippen LogP contribution in [0.4, 0.5) is 0 Å². The van der Waals surface area contributed by atoms with Crippen molar-refractivity contribution in [3.8, 4) is 0 Å². The second kappa shape index (κ2) is 6.60. The number of pyridine rings is 1. The second-order valence-corrected chi connectivity index (χ2v) is 6.86. The number of likely N-dealkylation sites (N-methyl/N-ethyl adjacent to an activating group) is 1. The zero-order valence-electron chi connectivity index (χ0n) is 13.5. The molecule has 0 radical (unpaired) electrons. The molecule has 0 aromatic carbocycles. The Morgan fingerprint density at radius 2 is 2.22 bits per heavy atom. The van der Waals surface area contributed by atoms with Crippen molar-refractivity contribution in [1.29, 1.82) is 0 Å². The summed E-state index contributed by atoms with van der Waals surface area (Å²) in [6.45, 7) is 4.84. The molecule has 0 saturated carbocycles. The zero-order chi connectivity index (χ0) is 16.4. The van der Waals surface area contributed by atoms with Gasteiger partial charge in [0.05, 0.1) is 12.1 Å². The fraction of sp³-hybridized carbons (Fsp3) is 0.353. The molecule has 0 saturated heterocycles. The third-order valence-corrected chi connectivity index (χ3v) is 4.89. The highest BCUT2D eigenvalue weighted by molar-refractivity contribution is 7.17. The number of aryl methyl sites for hydroxylation is 1. The van der Waals surface area contributed by atoms with Crippen LogP contribution in [0.3, 0.4) is 0 Å². The van der Waals surface area contributed by atoms with E-state index in [1.165, 1.54) is 16.9 Å². The zero-order valence-corrected chi connectivity index (χ0v) is 14.4. The van der Waals surface area contributed by atoms with E-state index in [1.54, 1.807) is 0 Å². The molecule has 0 bridgehead atoms. The summed E-state index contributed by atoms with van der Waals surface area (Å²) in [7, 11) is 2.04. The smallest absolute Gasteiger partial charge is 0.268 e. The van der Waals surface area contributed by atoms with Gasteiger partial charge in [0.15, 0.2) is 0 Å². The van der Waals surface area contributed by atoms with E-state index < -0.39 is 0 Å². The van der Waals surface area contributed by atoms with Crippen LogP contribution in [0.5, 0.6) is 0 Å². The average Bonchev–Trinajstić information content (AvgIpc) is 2.96. The van der Waals surface area contributed by atoms with Crippen LogP contribution in [0.15, 0.2) is 34.6 Å². The maximum atomic E-state index is 12.0. The summed E-state index contributed by atoms with van der Waals surface area (Å²) >= 11 is 1.42. The van der Waals surface area contributed by atoms with Crippen LogP contribution in [-0.4, -0.2) is 32.9 Å². The minimum Gasteiger partial charge on any atom is -0.308 e. The molecule has 0 aliphatic carbocycles. The number of hydrogen-bond acceptors (Lipinski definition) is 5. The van der Waals surface area contributed by atoms with Crippen molar-refractivity contribution in [2.75, 3.05) is 7.05 Å². The first kappa shape index (κ1) is 15.8. The van der Waals surface area contributed by atoms with Crippen molar-refractivity contribution in [2.24, 2.45) is 0 Å². The molecule has 0 aliphatic heterocycles. The maximum absolute atomic E-state index is 12.0. The molecule has 1 unspecified atom stereocenters. The maximum Gasteiger partial charge on any atom is 0.268 e. The lowest BCUT2D eigenvalue weighted by molar-refractivity contribution is 0.241. The summed E-state index contributed by atoms with van der Waals surface area (Å²) in [6.07, 6.45) is 2.71. The molecule has 3 heterocycles. The van der Waals surface area contributed by atoms with Crippen molar-refractivity contribution in [2.45, 2.75) is 32.9 Å². The Morgan fingerprint density at radius 3 is 3.00 bits per heavy atom. The third kappa shape index (κ3) is 3.65. The third-order valence-electron chi connectivity index (χ3n) is 3.99. The van der Waals surface area contributed by atoms with E-state index in [-0.39, 0.29) is 5.56 Å². The number of hydrogen-bond donors (Lipinski definition) is 1. The van der Waals surface area contributed by atoms with Crippen LogP contribution in [-0.2, 0) is 13.0 Å². The lowest BCUT2D eigenvalue weighted by Crippen LogP contribution is -2.32. The first-order valence-corrected chi connectivity index (χ1v) is 8.49. The van der Waals surface area contributed by atoms with Gasteiger partial charge in [-0.2, -0.15) is 0 Å². The highest BCUT2D eigenvalue weighted by Crippen LogP contribution is 2.15. The number of nitrogens with one attached hydrogen (secondary N) is 1. The summed E-state index contributed by atoms with van der Waals surface area (Å²) in [5, 5.41) is 1.90. The molecular formula is C17H20N4OS. The Hall–Kier alpha value is -2.05. The molecule has 1 N–H and O–H groups in total. The minimum absolute atomic E-state index is 0.0543. The van der Waals surface area contributed by atoms with Gasteiger partial charge in [-0.25, -0.2) is 4.98 Å². The molecule has 3 aromatic rings. The Bertz CT molecular complexity index is 870. The number of thiophene rings is 1. The van der Waals surface area contributed by atoms with Gasteiger partial charge in [0, 0.05) is 24.4 Å². The molecule has 5 nitrogen and oxygen atoms in total. The van der Waals surface area contributed by atoms with Crippen molar-refractivity contribution in [1.82, 2.24) is 19.9 Å². The Labute approximate surface area is 139 Å². The van der Waals surface area contributed by atoms with Crippen molar-refractivity contribution < 1.29 is 0 Å².